The number of ether oxygens (including phenoxy) is 1. The zero-order chi connectivity index (χ0) is 14.1. The lowest BCUT2D eigenvalue weighted by atomic mass is 10.0. The van der Waals surface area contributed by atoms with Crippen molar-refractivity contribution in [3.05, 3.63) is 23.8 Å². The highest BCUT2D eigenvalue weighted by Crippen LogP contribution is 2.30. The first-order valence-corrected chi connectivity index (χ1v) is 7.53. The van der Waals surface area contributed by atoms with Gasteiger partial charge in [0.1, 0.15) is 0 Å². The van der Waals surface area contributed by atoms with E-state index in [1.54, 1.807) is 7.11 Å². The first-order valence-electron chi connectivity index (χ1n) is 7.53. The second-order valence-electron chi connectivity index (χ2n) is 5.96. The van der Waals surface area contributed by atoms with Gasteiger partial charge in [-0.25, -0.2) is 0 Å². The topological polar surface area (TPSA) is 35.9 Å². The lowest BCUT2D eigenvalue weighted by Gasteiger charge is -2.43. The fourth-order valence-corrected chi connectivity index (χ4v) is 3.67. The molecule has 0 aliphatic carbocycles. The lowest BCUT2D eigenvalue weighted by Crippen LogP contribution is -2.55. The third-order valence-corrected chi connectivity index (χ3v) is 4.85. The fourth-order valence-electron chi connectivity index (χ4n) is 3.67. The summed E-state index contributed by atoms with van der Waals surface area (Å²) < 4.78 is 5.10. The average molecular weight is 276 g/mol. The van der Waals surface area contributed by atoms with Crippen LogP contribution in [0.25, 0.3) is 0 Å². The summed E-state index contributed by atoms with van der Waals surface area (Å²) >= 11 is 0. The van der Waals surface area contributed by atoms with Crippen molar-refractivity contribution < 1.29 is 9.84 Å². The number of rotatable bonds is 3. The van der Waals surface area contributed by atoms with Gasteiger partial charge in [-0.1, -0.05) is 6.07 Å². The summed E-state index contributed by atoms with van der Waals surface area (Å²) in [4.78, 5) is 5.17. The van der Waals surface area contributed by atoms with E-state index >= 15 is 0 Å². The predicted molar refractivity (Wildman–Crippen MR) is 79.1 cm³/mol. The molecule has 0 bridgehead atoms. The fraction of sp³-hybridized carbons (Fsp3) is 0.625. The minimum absolute atomic E-state index is 0.233. The summed E-state index contributed by atoms with van der Waals surface area (Å²) in [6.07, 6.45) is 2.66. The molecule has 4 heteroatoms. The highest BCUT2D eigenvalue weighted by molar-refractivity contribution is 5.41. The molecule has 1 aromatic carbocycles. The smallest absolute Gasteiger partial charge is 0.160 e. The van der Waals surface area contributed by atoms with E-state index in [2.05, 4.69) is 16.7 Å². The van der Waals surface area contributed by atoms with Crippen LogP contribution in [0.4, 0.5) is 0 Å². The van der Waals surface area contributed by atoms with Crippen LogP contribution in [0.5, 0.6) is 11.5 Å². The molecule has 2 atom stereocenters. The van der Waals surface area contributed by atoms with Gasteiger partial charge in [-0.15, -0.1) is 0 Å². The van der Waals surface area contributed by atoms with E-state index in [-0.39, 0.29) is 5.75 Å². The summed E-state index contributed by atoms with van der Waals surface area (Å²) in [6.45, 7) is 6.81. The molecule has 20 heavy (non-hydrogen) atoms. The molecule has 2 aliphatic rings. The van der Waals surface area contributed by atoms with Gasteiger partial charge in [-0.3, -0.25) is 9.80 Å². The average Bonchev–Trinajstić information content (AvgIpc) is 2.91. The van der Waals surface area contributed by atoms with Gasteiger partial charge in [-0.2, -0.15) is 0 Å². The molecule has 0 amide bonds. The van der Waals surface area contributed by atoms with Crippen LogP contribution < -0.4 is 4.74 Å². The van der Waals surface area contributed by atoms with Crippen LogP contribution >= 0.6 is 0 Å². The molecule has 1 N–H and O–H groups in total. The van der Waals surface area contributed by atoms with E-state index in [0.29, 0.717) is 11.8 Å². The van der Waals surface area contributed by atoms with Crippen molar-refractivity contribution in [2.24, 2.45) is 0 Å². The van der Waals surface area contributed by atoms with Crippen molar-refractivity contribution in [2.75, 3.05) is 26.7 Å². The minimum Gasteiger partial charge on any atom is -0.504 e. The summed E-state index contributed by atoms with van der Waals surface area (Å²) in [5.41, 5.74) is 1.15. The van der Waals surface area contributed by atoms with Crippen molar-refractivity contribution in [3.8, 4) is 11.5 Å². The second-order valence-corrected chi connectivity index (χ2v) is 5.96. The maximum absolute atomic E-state index is 9.89. The summed E-state index contributed by atoms with van der Waals surface area (Å²) in [5, 5.41) is 9.89. The second kappa shape index (κ2) is 5.62. The molecule has 0 aromatic heterocycles. The van der Waals surface area contributed by atoms with Gasteiger partial charge in [0.25, 0.3) is 0 Å². The Kier molecular flexibility index (Phi) is 3.85. The van der Waals surface area contributed by atoms with Crippen LogP contribution in [0, 0.1) is 0 Å². The Hall–Kier alpha value is -1.26. The molecule has 0 saturated carbocycles. The summed E-state index contributed by atoms with van der Waals surface area (Å²) in [6, 6.07) is 7.03. The van der Waals surface area contributed by atoms with Crippen LogP contribution in [0.2, 0.25) is 0 Å². The van der Waals surface area contributed by atoms with Gasteiger partial charge in [0.15, 0.2) is 11.5 Å². The Bertz CT molecular complexity index is 478. The Balaban J connectivity index is 1.69. The van der Waals surface area contributed by atoms with E-state index in [9.17, 15) is 5.11 Å². The van der Waals surface area contributed by atoms with Crippen LogP contribution in [0.1, 0.15) is 25.3 Å². The largest absolute Gasteiger partial charge is 0.504 e. The summed E-state index contributed by atoms with van der Waals surface area (Å²) in [7, 11) is 1.58. The van der Waals surface area contributed by atoms with E-state index in [0.717, 1.165) is 24.7 Å². The number of hydrogen-bond acceptors (Lipinski definition) is 4. The SMILES string of the molecule is COc1ccc(CN2CCN3CCCC3C2C)cc1O. The molecule has 3 rings (SSSR count). The Morgan fingerprint density at radius 1 is 1.30 bits per heavy atom. The van der Waals surface area contributed by atoms with Crippen LogP contribution in [-0.4, -0.2) is 53.7 Å². The van der Waals surface area contributed by atoms with Gasteiger partial charge in [0.05, 0.1) is 7.11 Å². The molecule has 0 radical (unpaired) electrons. The Labute approximate surface area is 120 Å². The van der Waals surface area contributed by atoms with E-state index in [1.165, 1.54) is 25.9 Å². The standard InChI is InChI=1S/C16H24N2O2/c1-12-14-4-3-7-17(14)8-9-18(12)11-13-5-6-16(20-2)15(19)10-13/h5-6,10,12,14,19H,3-4,7-9,11H2,1-2H3. The normalized spacial score (nSPS) is 27.5. The van der Waals surface area contributed by atoms with Crippen LogP contribution in [-0.2, 0) is 6.54 Å². The van der Waals surface area contributed by atoms with Crippen molar-refractivity contribution in [1.82, 2.24) is 9.80 Å². The van der Waals surface area contributed by atoms with Gasteiger partial charge in [0, 0.05) is 31.7 Å². The maximum atomic E-state index is 9.89. The Morgan fingerprint density at radius 3 is 2.90 bits per heavy atom. The first-order chi connectivity index (χ1) is 9.69. The summed E-state index contributed by atoms with van der Waals surface area (Å²) in [5.74, 6) is 0.777. The van der Waals surface area contributed by atoms with Crippen molar-refractivity contribution in [3.63, 3.8) is 0 Å². The van der Waals surface area contributed by atoms with Gasteiger partial charge >= 0.3 is 0 Å². The molecular weight excluding hydrogens is 252 g/mol. The van der Waals surface area contributed by atoms with Crippen LogP contribution in [0.15, 0.2) is 18.2 Å². The molecule has 4 nitrogen and oxygen atoms in total. The predicted octanol–water partition coefficient (Wildman–Crippen LogP) is 2.07. The zero-order valence-electron chi connectivity index (χ0n) is 12.4. The van der Waals surface area contributed by atoms with Crippen molar-refractivity contribution in [1.29, 1.82) is 0 Å². The number of aromatic hydroxyl groups is 1. The maximum Gasteiger partial charge on any atom is 0.160 e. The molecule has 2 unspecified atom stereocenters. The molecular formula is C16H24N2O2. The monoisotopic (exact) mass is 276 g/mol. The van der Waals surface area contributed by atoms with Crippen molar-refractivity contribution >= 4 is 0 Å². The number of methoxy groups -OCH3 is 1. The van der Waals surface area contributed by atoms with Gasteiger partial charge in [-0.05, 0) is 44.0 Å². The molecule has 110 valence electrons. The van der Waals surface area contributed by atoms with Gasteiger partial charge in [0.2, 0.25) is 0 Å². The van der Waals surface area contributed by atoms with Crippen molar-refractivity contribution in [2.45, 2.75) is 38.4 Å². The molecule has 1 aromatic rings. The van der Waals surface area contributed by atoms with E-state index in [1.807, 2.05) is 18.2 Å². The Morgan fingerprint density at radius 2 is 2.15 bits per heavy atom. The quantitative estimate of drug-likeness (QED) is 0.917. The molecule has 0 spiro atoms. The molecule has 2 fully saturated rings. The highest BCUT2D eigenvalue weighted by atomic mass is 16.5. The number of piperazine rings is 1. The lowest BCUT2D eigenvalue weighted by molar-refractivity contribution is 0.0470. The van der Waals surface area contributed by atoms with Gasteiger partial charge < -0.3 is 9.84 Å². The highest BCUT2D eigenvalue weighted by Gasteiger charge is 2.36. The third-order valence-electron chi connectivity index (χ3n) is 4.85. The number of phenolic OH excluding ortho intramolecular Hbond substituents is 1. The number of benzene rings is 1. The molecule has 2 heterocycles. The molecule has 2 saturated heterocycles. The number of nitrogens with zero attached hydrogens (tertiary/aromatic N) is 2. The third kappa shape index (κ3) is 2.50. The molecule has 2 aliphatic heterocycles. The minimum atomic E-state index is 0.233. The first kappa shape index (κ1) is 13.7. The number of hydrogen-bond donors (Lipinski definition) is 1. The number of phenols is 1. The number of fused-ring (bicyclic) bond motifs is 1. The van der Waals surface area contributed by atoms with Crippen LogP contribution in [0.3, 0.4) is 0 Å². The van der Waals surface area contributed by atoms with E-state index < -0.39 is 0 Å². The van der Waals surface area contributed by atoms with E-state index in [4.69, 9.17) is 4.74 Å². The zero-order valence-corrected chi connectivity index (χ0v) is 12.4.